The van der Waals surface area contributed by atoms with Gasteiger partial charge in [-0.2, -0.15) is 0 Å². The topological polar surface area (TPSA) is 84.7 Å². The summed E-state index contributed by atoms with van der Waals surface area (Å²) in [5.41, 5.74) is 0.656. The number of hydrogen-bond acceptors (Lipinski definition) is 5. The first-order valence-electron chi connectivity index (χ1n) is 8.96. The van der Waals surface area contributed by atoms with Crippen molar-refractivity contribution in [1.29, 1.82) is 0 Å². The molecule has 1 N–H and O–H groups in total. The number of ether oxygens (including phenoxy) is 1. The van der Waals surface area contributed by atoms with Crippen LogP contribution in [0.1, 0.15) is 12.2 Å². The molecule has 1 saturated heterocycles. The Hall–Kier alpha value is -3.61. The second-order valence-electron chi connectivity index (χ2n) is 6.55. The molecule has 1 fully saturated rings. The van der Waals surface area contributed by atoms with Crippen molar-refractivity contribution >= 4 is 17.5 Å². The quantitative estimate of drug-likeness (QED) is 0.711. The van der Waals surface area contributed by atoms with Crippen molar-refractivity contribution in [3.05, 3.63) is 72.9 Å². The van der Waals surface area contributed by atoms with E-state index in [2.05, 4.69) is 10.3 Å². The van der Waals surface area contributed by atoms with Crippen LogP contribution in [0.5, 0.6) is 11.5 Å². The summed E-state index contributed by atoms with van der Waals surface area (Å²) in [5.74, 6) is 1.46. The number of pyridine rings is 1. The summed E-state index contributed by atoms with van der Waals surface area (Å²) >= 11 is 0. The number of likely N-dealkylation sites (tertiary alicyclic amines) is 1. The van der Waals surface area contributed by atoms with E-state index < -0.39 is 0 Å². The largest absolute Gasteiger partial charge is 0.467 e. The van der Waals surface area contributed by atoms with Crippen molar-refractivity contribution in [3.63, 3.8) is 0 Å². The van der Waals surface area contributed by atoms with Crippen LogP contribution in [0.2, 0.25) is 0 Å². The Balaban J connectivity index is 1.33. The lowest BCUT2D eigenvalue weighted by Crippen LogP contribution is -2.27. The van der Waals surface area contributed by atoms with Gasteiger partial charge in [0.25, 0.3) is 0 Å². The van der Waals surface area contributed by atoms with Crippen molar-refractivity contribution in [2.75, 3.05) is 11.9 Å². The number of rotatable bonds is 6. The Morgan fingerprint density at radius 1 is 1.14 bits per heavy atom. The third kappa shape index (κ3) is 4.20. The van der Waals surface area contributed by atoms with Gasteiger partial charge >= 0.3 is 0 Å². The minimum atomic E-state index is -0.379. The molecule has 0 radical (unpaired) electrons. The lowest BCUT2D eigenvalue weighted by molar-refractivity contribution is -0.128. The SMILES string of the molecule is O=C(Nc1ccc(Oc2ccncc2)cc1)C1CC(=O)N(Cc2ccco2)C1. The highest BCUT2D eigenvalue weighted by molar-refractivity contribution is 5.97. The fourth-order valence-corrected chi connectivity index (χ4v) is 3.08. The number of nitrogens with zero attached hydrogens (tertiary/aromatic N) is 2. The number of aromatic nitrogens is 1. The lowest BCUT2D eigenvalue weighted by Gasteiger charge is -2.15. The zero-order valence-corrected chi connectivity index (χ0v) is 15.1. The van der Waals surface area contributed by atoms with E-state index in [1.54, 1.807) is 66.0 Å². The van der Waals surface area contributed by atoms with Gasteiger partial charge in [0.15, 0.2) is 0 Å². The minimum Gasteiger partial charge on any atom is -0.467 e. The number of benzene rings is 1. The Morgan fingerprint density at radius 2 is 1.89 bits per heavy atom. The van der Waals surface area contributed by atoms with Crippen LogP contribution >= 0.6 is 0 Å². The Morgan fingerprint density at radius 3 is 2.61 bits per heavy atom. The van der Waals surface area contributed by atoms with Crippen molar-refractivity contribution in [3.8, 4) is 11.5 Å². The zero-order valence-electron chi connectivity index (χ0n) is 15.1. The lowest BCUT2D eigenvalue weighted by atomic mass is 10.1. The van der Waals surface area contributed by atoms with Gasteiger partial charge in [0.05, 0.1) is 18.7 Å². The normalized spacial score (nSPS) is 16.2. The monoisotopic (exact) mass is 377 g/mol. The Labute approximate surface area is 161 Å². The van der Waals surface area contributed by atoms with Gasteiger partial charge in [-0.25, -0.2) is 0 Å². The smallest absolute Gasteiger partial charge is 0.229 e. The molecule has 3 aromatic rings. The number of carbonyl (C=O) groups excluding carboxylic acids is 2. The molecule has 0 spiro atoms. The molecular formula is C21H19N3O4. The van der Waals surface area contributed by atoms with E-state index in [1.165, 1.54) is 0 Å². The summed E-state index contributed by atoms with van der Waals surface area (Å²) in [5, 5.41) is 2.87. The molecule has 0 saturated carbocycles. The van der Waals surface area contributed by atoms with Crippen LogP contribution in [0.3, 0.4) is 0 Å². The molecule has 0 bridgehead atoms. The maximum absolute atomic E-state index is 12.5. The fraction of sp³-hybridized carbons (Fsp3) is 0.190. The predicted octanol–water partition coefficient (Wildman–Crippen LogP) is 3.45. The first kappa shape index (κ1) is 17.8. The number of hydrogen-bond donors (Lipinski definition) is 1. The van der Waals surface area contributed by atoms with E-state index >= 15 is 0 Å². The Bertz CT molecular complexity index is 940. The van der Waals surface area contributed by atoms with E-state index in [-0.39, 0.29) is 24.2 Å². The van der Waals surface area contributed by atoms with Gasteiger partial charge in [0.1, 0.15) is 17.3 Å². The molecule has 0 aliphatic carbocycles. The summed E-state index contributed by atoms with van der Waals surface area (Å²) in [7, 11) is 0. The first-order valence-corrected chi connectivity index (χ1v) is 8.96. The third-order valence-corrected chi connectivity index (χ3v) is 4.52. The van der Waals surface area contributed by atoms with Crippen LogP contribution in [0.4, 0.5) is 5.69 Å². The van der Waals surface area contributed by atoms with Crippen molar-refractivity contribution in [2.24, 2.45) is 5.92 Å². The zero-order chi connectivity index (χ0) is 19.3. The number of anilines is 1. The summed E-state index contributed by atoms with van der Waals surface area (Å²) < 4.78 is 11.0. The van der Waals surface area contributed by atoms with E-state index in [4.69, 9.17) is 9.15 Å². The molecule has 2 aromatic heterocycles. The van der Waals surface area contributed by atoms with Crippen LogP contribution in [-0.4, -0.2) is 28.2 Å². The molecule has 1 aliphatic heterocycles. The van der Waals surface area contributed by atoms with Crippen LogP contribution in [0.15, 0.2) is 71.6 Å². The second kappa shape index (κ2) is 7.96. The number of carbonyl (C=O) groups is 2. The molecule has 142 valence electrons. The predicted molar refractivity (Wildman–Crippen MR) is 102 cm³/mol. The standard InChI is InChI=1S/C21H19N3O4/c25-20-12-15(13-24(20)14-19-2-1-11-27-19)21(26)23-16-3-5-17(6-4-16)28-18-7-9-22-10-8-18/h1-11,15H,12-14H2,(H,23,26). The van der Waals surface area contributed by atoms with Gasteiger partial charge < -0.3 is 19.4 Å². The average molecular weight is 377 g/mol. The van der Waals surface area contributed by atoms with Crippen molar-refractivity contribution in [1.82, 2.24) is 9.88 Å². The van der Waals surface area contributed by atoms with E-state index in [9.17, 15) is 9.59 Å². The third-order valence-electron chi connectivity index (χ3n) is 4.52. The second-order valence-corrected chi connectivity index (χ2v) is 6.55. The molecule has 3 heterocycles. The highest BCUT2D eigenvalue weighted by atomic mass is 16.5. The van der Waals surface area contributed by atoms with E-state index in [0.29, 0.717) is 36.0 Å². The summed E-state index contributed by atoms with van der Waals surface area (Å²) in [6, 6.07) is 14.2. The molecule has 1 aliphatic rings. The van der Waals surface area contributed by atoms with Crippen LogP contribution in [-0.2, 0) is 16.1 Å². The van der Waals surface area contributed by atoms with Gasteiger partial charge in [-0.05, 0) is 48.5 Å². The highest BCUT2D eigenvalue weighted by Crippen LogP contribution is 2.24. The molecule has 1 aromatic carbocycles. The average Bonchev–Trinajstić information content (AvgIpc) is 3.35. The molecule has 28 heavy (non-hydrogen) atoms. The molecule has 4 rings (SSSR count). The first-order chi connectivity index (χ1) is 13.7. The molecular weight excluding hydrogens is 358 g/mol. The number of nitrogens with one attached hydrogen (secondary N) is 1. The molecule has 7 nitrogen and oxygen atoms in total. The van der Waals surface area contributed by atoms with Gasteiger partial charge in [-0.1, -0.05) is 0 Å². The maximum atomic E-state index is 12.5. The molecule has 1 atom stereocenters. The fourth-order valence-electron chi connectivity index (χ4n) is 3.08. The molecule has 7 heteroatoms. The van der Waals surface area contributed by atoms with E-state index in [1.807, 2.05) is 6.07 Å². The number of amides is 2. The molecule has 2 amide bonds. The minimum absolute atomic E-state index is 0.0438. The summed E-state index contributed by atoms with van der Waals surface area (Å²) in [4.78, 5) is 30.3. The highest BCUT2D eigenvalue weighted by Gasteiger charge is 2.34. The number of furan rings is 1. The van der Waals surface area contributed by atoms with Crippen molar-refractivity contribution < 1.29 is 18.7 Å². The summed E-state index contributed by atoms with van der Waals surface area (Å²) in [6.45, 7) is 0.769. The Kier molecular flexibility index (Phi) is 5.05. The van der Waals surface area contributed by atoms with Gasteiger partial charge in [0, 0.05) is 31.0 Å². The van der Waals surface area contributed by atoms with Gasteiger partial charge in [-0.3, -0.25) is 14.6 Å². The van der Waals surface area contributed by atoms with Gasteiger partial charge in [0.2, 0.25) is 11.8 Å². The summed E-state index contributed by atoms with van der Waals surface area (Å²) in [6.07, 6.45) is 5.09. The maximum Gasteiger partial charge on any atom is 0.229 e. The van der Waals surface area contributed by atoms with Gasteiger partial charge in [-0.15, -0.1) is 0 Å². The van der Waals surface area contributed by atoms with Crippen LogP contribution < -0.4 is 10.1 Å². The van der Waals surface area contributed by atoms with Crippen LogP contribution in [0, 0.1) is 5.92 Å². The van der Waals surface area contributed by atoms with Crippen LogP contribution in [0.25, 0.3) is 0 Å². The molecule has 1 unspecified atom stereocenters. The van der Waals surface area contributed by atoms with Crippen molar-refractivity contribution in [2.45, 2.75) is 13.0 Å². The van der Waals surface area contributed by atoms with E-state index in [0.717, 1.165) is 0 Å².